The Bertz CT molecular complexity index is 940. The number of aromatic nitrogens is 1. The SMILES string of the molecule is CN1/C(=C/C=C/c2cc(C(C)(C)C)cc(C(C)(C)C)[n+]2C)Sc2ccccc21. The zero-order valence-electron chi connectivity index (χ0n) is 18.5. The maximum Gasteiger partial charge on any atom is 0.205 e. The number of anilines is 1. The maximum atomic E-state index is 2.37. The summed E-state index contributed by atoms with van der Waals surface area (Å²) in [5.74, 6) is 0. The molecule has 0 saturated heterocycles. The summed E-state index contributed by atoms with van der Waals surface area (Å²) >= 11 is 1.83. The first kappa shape index (κ1) is 20.7. The summed E-state index contributed by atoms with van der Waals surface area (Å²) in [5.41, 5.74) is 5.47. The monoisotopic (exact) mass is 393 g/mol. The summed E-state index contributed by atoms with van der Waals surface area (Å²) in [4.78, 5) is 3.58. The van der Waals surface area contributed by atoms with Gasteiger partial charge in [0.2, 0.25) is 5.69 Å². The quantitative estimate of drug-likeness (QED) is 0.561. The largest absolute Gasteiger partial charge is 0.338 e. The number of rotatable bonds is 2. The van der Waals surface area contributed by atoms with Crippen LogP contribution in [0.25, 0.3) is 6.08 Å². The van der Waals surface area contributed by atoms with Crippen molar-refractivity contribution < 1.29 is 4.57 Å². The fourth-order valence-corrected chi connectivity index (χ4v) is 4.55. The van der Waals surface area contributed by atoms with Crippen LogP contribution in [0.2, 0.25) is 0 Å². The molecule has 148 valence electrons. The van der Waals surface area contributed by atoms with Crippen LogP contribution in [0.4, 0.5) is 5.69 Å². The number of para-hydroxylation sites is 1. The van der Waals surface area contributed by atoms with Crippen LogP contribution in [0.15, 0.2) is 58.5 Å². The molecule has 1 aromatic heterocycles. The molecule has 0 unspecified atom stereocenters. The van der Waals surface area contributed by atoms with Crippen LogP contribution < -0.4 is 9.47 Å². The molecule has 0 amide bonds. The maximum absolute atomic E-state index is 2.37. The highest BCUT2D eigenvalue weighted by atomic mass is 32.2. The van der Waals surface area contributed by atoms with Crippen LogP contribution in [-0.4, -0.2) is 7.05 Å². The normalized spacial score (nSPS) is 16.3. The molecule has 2 aromatic rings. The van der Waals surface area contributed by atoms with Crippen molar-refractivity contribution in [2.24, 2.45) is 7.05 Å². The molecule has 0 saturated carbocycles. The van der Waals surface area contributed by atoms with Crippen molar-refractivity contribution >= 4 is 23.5 Å². The smallest absolute Gasteiger partial charge is 0.205 e. The second-order valence-electron chi connectivity index (χ2n) is 9.61. The van der Waals surface area contributed by atoms with Crippen molar-refractivity contribution in [2.75, 3.05) is 11.9 Å². The summed E-state index contributed by atoms with van der Waals surface area (Å²) in [6.45, 7) is 13.7. The van der Waals surface area contributed by atoms with Gasteiger partial charge >= 0.3 is 0 Å². The van der Waals surface area contributed by atoms with Crippen LogP contribution in [0, 0.1) is 0 Å². The molecule has 1 aliphatic heterocycles. The molecular weight excluding hydrogens is 360 g/mol. The second-order valence-corrected chi connectivity index (χ2v) is 10.7. The average Bonchev–Trinajstić information content (AvgIpc) is 2.91. The number of hydrogen-bond acceptors (Lipinski definition) is 2. The molecule has 0 aliphatic carbocycles. The van der Waals surface area contributed by atoms with Crippen molar-refractivity contribution in [1.82, 2.24) is 0 Å². The van der Waals surface area contributed by atoms with Gasteiger partial charge in [-0.25, -0.2) is 0 Å². The van der Waals surface area contributed by atoms with Crippen LogP contribution in [-0.2, 0) is 17.9 Å². The third kappa shape index (κ3) is 4.20. The molecule has 2 nitrogen and oxygen atoms in total. The van der Waals surface area contributed by atoms with E-state index in [0.29, 0.717) is 0 Å². The van der Waals surface area contributed by atoms with Gasteiger partial charge in [-0.1, -0.05) is 71.5 Å². The first-order valence-corrected chi connectivity index (χ1v) is 10.7. The topological polar surface area (TPSA) is 7.12 Å². The van der Waals surface area contributed by atoms with Crippen LogP contribution >= 0.6 is 11.8 Å². The van der Waals surface area contributed by atoms with Gasteiger partial charge < -0.3 is 4.90 Å². The van der Waals surface area contributed by atoms with E-state index in [4.69, 9.17) is 0 Å². The fraction of sp³-hybridized carbons (Fsp3) is 0.400. The van der Waals surface area contributed by atoms with E-state index in [-0.39, 0.29) is 10.8 Å². The molecule has 28 heavy (non-hydrogen) atoms. The van der Waals surface area contributed by atoms with Gasteiger partial charge in [-0.2, -0.15) is 4.57 Å². The molecule has 0 bridgehead atoms. The predicted octanol–water partition coefficient (Wildman–Crippen LogP) is 6.20. The first-order chi connectivity index (χ1) is 13.0. The molecule has 3 rings (SSSR count). The molecule has 0 radical (unpaired) electrons. The minimum absolute atomic E-state index is 0.0975. The summed E-state index contributed by atoms with van der Waals surface area (Å²) < 4.78 is 2.32. The Morgan fingerprint density at radius 1 is 0.964 bits per heavy atom. The zero-order valence-corrected chi connectivity index (χ0v) is 19.3. The third-order valence-corrected chi connectivity index (χ3v) is 6.44. The van der Waals surface area contributed by atoms with Crippen molar-refractivity contribution in [1.29, 1.82) is 0 Å². The predicted molar refractivity (Wildman–Crippen MR) is 123 cm³/mol. The van der Waals surface area contributed by atoms with E-state index < -0.39 is 0 Å². The van der Waals surface area contributed by atoms with Crippen LogP contribution in [0.3, 0.4) is 0 Å². The highest BCUT2D eigenvalue weighted by Gasteiger charge is 2.28. The first-order valence-electron chi connectivity index (χ1n) is 9.92. The summed E-state index contributed by atoms with van der Waals surface area (Å²) in [6, 6.07) is 13.3. The molecule has 3 heteroatoms. The van der Waals surface area contributed by atoms with E-state index in [9.17, 15) is 0 Å². The minimum atomic E-state index is 0.0975. The van der Waals surface area contributed by atoms with E-state index in [1.54, 1.807) is 0 Å². The number of nitrogens with zero attached hydrogens (tertiary/aromatic N) is 2. The molecule has 0 N–H and O–H groups in total. The number of allylic oxidation sites excluding steroid dienone is 2. The molecule has 1 aliphatic rings. The summed E-state index contributed by atoms with van der Waals surface area (Å²) in [6.07, 6.45) is 6.62. The van der Waals surface area contributed by atoms with E-state index >= 15 is 0 Å². The Hall–Kier alpha value is -2.00. The third-order valence-electron chi connectivity index (χ3n) is 5.26. The molecule has 2 heterocycles. The number of thioether (sulfide) groups is 1. The molecule has 1 aromatic carbocycles. The van der Waals surface area contributed by atoms with Gasteiger partial charge in [-0.05, 0) is 29.2 Å². The zero-order chi connectivity index (χ0) is 20.7. The Balaban J connectivity index is 1.96. The molecule has 0 fully saturated rings. The molecule has 0 atom stereocenters. The summed E-state index contributed by atoms with van der Waals surface area (Å²) in [7, 11) is 4.31. The van der Waals surface area contributed by atoms with Crippen molar-refractivity contribution in [3.63, 3.8) is 0 Å². The lowest BCUT2D eigenvalue weighted by Gasteiger charge is -2.23. The van der Waals surface area contributed by atoms with Gasteiger partial charge in [0.25, 0.3) is 0 Å². The van der Waals surface area contributed by atoms with E-state index in [1.807, 2.05) is 11.8 Å². The minimum Gasteiger partial charge on any atom is -0.338 e. The van der Waals surface area contributed by atoms with Gasteiger partial charge in [0, 0.05) is 35.6 Å². The van der Waals surface area contributed by atoms with E-state index in [0.717, 1.165) is 0 Å². The summed E-state index contributed by atoms with van der Waals surface area (Å²) in [5, 5.41) is 1.25. The van der Waals surface area contributed by atoms with E-state index in [1.165, 1.54) is 32.6 Å². The van der Waals surface area contributed by atoms with Gasteiger partial charge in [0.05, 0.1) is 10.7 Å². The number of benzene rings is 1. The number of fused-ring (bicyclic) bond motifs is 1. The van der Waals surface area contributed by atoms with Gasteiger partial charge in [-0.15, -0.1) is 0 Å². The van der Waals surface area contributed by atoms with Gasteiger partial charge in [0.1, 0.15) is 7.05 Å². The Kier molecular flexibility index (Phi) is 5.51. The second kappa shape index (κ2) is 7.44. The molecule has 0 spiro atoms. The Labute approximate surface area is 175 Å². The van der Waals surface area contributed by atoms with Crippen molar-refractivity contribution in [2.45, 2.75) is 57.3 Å². The van der Waals surface area contributed by atoms with E-state index in [2.05, 4.69) is 120 Å². The standard InChI is InChI=1S/C25H33N2S/c1-24(2,3)18-16-19(26(7)22(17-18)25(4,5)6)12-11-15-23-27(8)20-13-9-10-14-21(20)28-23/h9-17H,1-8H3/q+1. The highest BCUT2D eigenvalue weighted by Crippen LogP contribution is 2.44. The highest BCUT2D eigenvalue weighted by molar-refractivity contribution is 8.03. The van der Waals surface area contributed by atoms with Crippen LogP contribution in [0.5, 0.6) is 0 Å². The average molecular weight is 394 g/mol. The lowest BCUT2D eigenvalue weighted by atomic mass is 9.83. The van der Waals surface area contributed by atoms with Crippen molar-refractivity contribution in [3.8, 4) is 0 Å². The number of hydrogen-bond donors (Lipinski definition) is 0. The van der Waals surface area contributed by atoms with Gasteiger partial charge in [0.15, 0.2) is 5.69 Å². The van der Waals surface area contributed by atoms with Gasteiger partial charge in [-0.3, -0.25) is 0 Å². The number of pyridine rings is 1. The van der Waals surface area contributed by atoms with Crippen molar-refractivity contribution in [3.05, 3.63) is 70.5 Å². The lowest BCUT2D eigenvalue weighted by molar-refractivity contribution is -0.684. The lowest BCUT2D eigenvalue weighted by Crippen LogP contribution is -2.43. The fourth-order valence-electron chi connectivity index (χ4n) is 3.49. The van der Waals surface area contributed by atoms with Crippen LogP contribution in [0.1, 0.15) is 58.5 Å². The molecular formula is C25H33N2S+. The Morgan fingerprint density at radius 2 is 1.64 bits per heavy atom. The Morgan fingerprint density at radius 3 is 2.25 bits per heavy atom.